The number of hydrogen-bond donors (Lipinski definition) is 2. The van der Waals surface area contributed by atoms with Gasteiger partial charge in [-0.2, -0.15) is 0 Å². The number of sulfonamides is 1. The lowest BCUT2D eigenvalue weighted by molar-refractivity contribution is -0.139. The first kappa shape index (κ1) is 15.3. The van der Waals surface area contributed by atoms with Gasteiger partial charge in [-0.15, -0.1) is 11.3 Å². The summed E-state index contributed by atoms with van der Waals surface area (Å²) < 4.78 is 31.5. The SMILES string of the molecule is Cc1csc(NS(=O)(=O)c2ccc(OCC(=O)O)cc2)n1. The molecule has 0 aliphatic carbocycles. The molecule has 21 heavy (non-hydrogen) atoms. The topological polar surface area (TPSA) is 106 Å². The second-order valence-corrected chi connectivity index (χ2v) is 6.59. The van der Waals surface area contributed by atoms with Crippen LogP contribution in [-0.2, 0) is 14.8 Å². The Morgan fingerprint density at radius 1 is 1.38 bits per heavy atom. The normalized spacial score (nSPS) is 11.1. The molecule has 7 nitrogen and oxygen atoms in total. The van der Waals surface area contributed by atoms with Crippen molar-refractivity contribution in [1.82, 2.24) is 4.98 Å². The lowest BCUT2D eigenvalue weighted by Gasteiger charge is -2.07. The first-order valence-corrected chi connectivity index (χ1v) is 8.13. The number of thiazole rings is 1. The van der Waals surface area contributed by atoms with Crippen molar-refractivity contribution in [3.63, 3.8) is 0 Å². The van der Waals surface area contributed by atoms with Gasteiger partial charge in [-0.25, -0.2) is 18.2 Å². The molecule has 112 valence electrons. The highest BCUT2D eigenvalue weighted by atomic mass is 32.2. The molecule has 0 amide bonds. The summed E-state index contributed by atoms with van der Waals surface area (Å²) in [7, 11) is -3.72. The minimum Gasteiger partial charge on any atom is -0.482 e. The van der Waals surface area contributed by atoms with Gasteiger partial charge in [-0.05, 0) is 31.2 Å². The molecule has 2 N–H and O–H groups in total. The number of aliphatic carboxylic acids is 1. The van der Waals surface area contributed by atoms with E-state index in [1.54, 1.807) is 12.3 Å². The van der Waals surface area contributed by atoms with E-state index in [-0.39, 0.29) is 10.6 Å². The Morgan fingerprint density at radius 3 is 2.57 bits per heavy atom. The van der Waals surface area contributed by atoms with Crippen molar-refractivity contribution < 1.29 is 23.1 Å². The number of hydrogen-bond acceptors (Lipinski definition) is 6. The van der Waals surface area contributed by atoms with Crippen molar-refractivity contribution in [2.24, 2.45) is 0 Å². The zero-order valence-corrected chi connectivity index (χ0v) is 12.6. The number of anilines is 1. The molecule has 9 heteroatoms. The van der Waals surface area contributed by atoms with Crippen LogP contribution in [0.25, 0.3) is 0 Å². The van der Waals surface area contributed by atoms with E-state index in [1.807, 2.05) is 0 Å². The third kappa shape index (κ3) is 4.17. The molecular formula is C12H12N2O5S2. The molecule has 0 unspecified atom stereocenters. The Labute approximate surface area is 125 Å². The fraction of sp³-hybridized carbons (Fsp3) is 0.167. The van der Waals surface area contributed by atoms with Crippen molar-refractivity contribution in [1.29, 1.82) is 0 Å². The van der Waals surface area contributed by atoms with E-state index < -0.39 is 22.6 Å². The zero-order valence-electron chi connectivity index (χ0n) is 10.9. The van der Waals surface area contributed by atoms with E-state index >= 15 is 0 Å². The Kier molecular flexibility index (Phi) is 4.43. The lowest BCUT2D eigenvalue weighted by Crippen LogP contribution is -2.13. The molecule has 2 rings (SSSR count). The van der Waals surface area contributed by atoms with Crippen LogP contribution in [0.4, 0.5) is 5.13 Å². The molecule has 0 aliphatic rings. The molecule has 1 aromatic heterocycles. The van der Waals surface area contributed by atoms with Crippen LogP contribution in [0.3, 0.4) is 0 Å². The number of carboxylic acids is 1. The number of benzene rings is 1. The fourth-order valence-electron chi connectivity index (χ4n) is 1.43. The van der Waals surface area contributed by atoms with Gasteiger partial charge in [0.1, 0.15) is 5.75 Å². The number of nitrogens with zero attached hydrogens (tertiary/aromatic N) is 1. The summed E-state index contributed by atoms with van der Waals surface area (Å²) in [4.78, 5) is 14.4. The summed E-state index contributed by atoms with van der Waals surface area (Å²) in [5.41, 5.74) is 0.732. The Bertz CT molecular complexity index is 737. The van der Waals surface area contributed by atoms with E-state index in [4.69, 9.17) is 9.84 Å². The van der Waals surface area contributed by atoms with Gasteiger partial charge in [0.05, 0.1) is 10.6 Å². The molecule has 0 radical (unpaired) electrons. The van der Waals surface area contributed by atoms with Gasteiger partial charge in [0.2, 0.25) is 0 Å². The summed E-state index contributed by atoms with van der Waals surface area (Å²) in [5.74, 6) is -0.825. The molecule has 0 atom stereocenters. The van der Waals surface area contributed by atoms with Crippen molar-refractivity contribution in [3.05, 3.63) is 35.3 Å². The number of ether oxygens (including phenoxy) is 1. The second kappa shape index (κ2) is 6.10. The number of aryl methyl sites for hydroxylation is 1. The molecule has 0 bridgehead atoms. The maximum absolute atomic E-state index is 12.1. The third-order valence-electron chi connectivity index (χ3n) is 2.34. The molecule has 0 spiro atoms. The van der Waals surface area contributed by atoms with Gasteiger partial charge in [-0.1, -0.05) is 0 Å². The summed E-state index contributed by atoms with van der Waals surface area (Å²) in [5, 5.41) is 10.5. The zero-order chi connectivity index (χ0) is 15.5. The van der Waals surface area contributed by atoms with Crippen molar-refractivity contribution in [2.45, 2.75) is 11.8 Å². The monoisotopic (exact) mass is 328 g/mol. The van der Waals surface area contributed by atoms with E-state index in [9.17, 15) is 13.2 Å². The van der Waals surface area contributed by atoms with Gasteiger partial charge in [0.15, 0.2) is 11.7 Å². The minimum atomic E-state index is -3.72. The highest BCUT2D eigenvalue weighted by molar-refractivity contribution is 7.93. The van der Waals surface area contributed by atoms with Crippen LogP contribution >= 0.6 is 11.3 Å². The number of rotatable bonds is 6. The minimum absolute atomic E-state index is 0.0398. The van der Waals surface area contributed by atoms with Crippen molar-refractivity contribution in [3.8, 4) is 5.75 Å². The molecule has 1 heterocycles. The predicted molar refractivity (Wildman–Crippen MR) is 77.2 cm³/mol. The molecule has 2 aromatic rings. The van der Waals surface area contributed by atoms with E-state index in [2.05, 4.69) is 9.71 Å². The Balaban J connectivity index is 2.11. The number of carboxylic acid groups (broad SMARTS) is 1. The summed E-state index contributed by atoms with van der Waals surface area (Å²) in [6.45, 7) is 1.28. The Morgan fingerprint density at radius 2 is 2.05 bits per heavy atom. The summed E-state index contributed by atoms with van der Waals surface area (Å²) in [6.07, 6.45) is 0. The first-order chi connectivity index (χ1) is 9.87. The third-order valence-corrected chi connectivity index (χ3v) is 4.70. The average Bonchev–Trinajstić information content (AvgIpc) is 2.81. The van der Waals surface area contributed by atoms with Crippen LogP contribution in [-0.4, -0.2) is 31.1 Å². The number of aromatic nitrogens is 1. The highest BCUT2D eigenvalue weighted by Gasteiger charge is 2.16. The molecule has 0 fully saturated rings. The van der Waals surface area contributed by atoms with Gasteiger partial charge in [0.25, 0.3) is 10.0 Å². The predicted octanol–water partition coefficient (Wildman–Crippen LogP) is 1.72. The van der Waals surface area contributed by atoms with Crippen LogP contribution in [0.2, 0.25) is 0 Å². The maximum Gasteiger partial charge on any atom is 0.341 e. The molecule has 1 aromatic carbocycles. The van der Waals surface area contributed by atoms with Gasteiger partial charge < -0.3 is 9.84 Å². The highest BCUT2D eigenvalue weighted by Crippen LogP contribution is 2.21. The maximum atomic E-state index is 12.1. The molecule has 0 aliphatic heterocycles. The van der Waals surface area contributed by atoms with Crippen LogP contribution in [0, 0.1) is 6.92 Å². The number of carbonyl (C=O) groups is 1. The number of nitrogens with one attached hydrogen (secondary N) is 1. The van der Waals surface area contributed by atoms with Crippen LogP contribution in [0.1, 0.15) is 5.69 Å². The largest absolute Gasteiger partial charge is 0.482 e. The van der Waals surface area contributed by atoms with Crippen molar-refractivity contribution >= 4 is 32.5 Å². The average molecular weight is 328 g/mol. The van der Waals surface area contributed by atoms with E-state index in [1.165, 1.54) is 35.6 Å². The standard InChI is InChI=1S/C12H12N2O5S2/c1-8-7-20-12(13-8)14-21(17,18)10-4-2-9(3-5-10)19-6-11(15)16/h2-5,7H,6H2,1H3,(H,13,14)(H,15,16). The van der Waals surface area contributed by atoms with E-state index in [0.29, 0.717) is 5.13 Å². The Hall–Kier alpha value is -2.13. The summed E-state index contributed by atoms with van der Waals surface area (Å²) >= 11 is 1.19. The van der Waals surface area contributed by atoms with Gasteiger partial charge >= 0.3 is 5.97 Å². The summed E-state index contributed by atoms with van der Waals surface area (Å²) in [6, 6.07) is 5.45. The van der Waals surface area contributed by atoms with Crippen LogP contribution < -0.4 is 9.46 Å². The van der Waals surface area contributed by atoms with E-state index in [0.717, 1.165) is 5.69 Å². The second-order valence-electron chi connectivity index (χ2n) is 4.05. The van der Waals surface area contributed by atoms with Crippen molar-refractivity contribution in [2.75, 3.05) is 11.3 Å². The lowest BCUT2D eigenvalue weighted by atomic mass is 10.3. The van der Waals surface area contributed by atoms with Gasteiger partial charge in [-0.3, -0.25) is 4.72 Å². The molecule has 0 saturated carbocycles. The smallest absolute Gasteiger partial charge is 0.341 e. The van der Waals surface area contributed by atoms with Crippen LogP contribution in [0.5, 0.6) is 5.75 Å². The molecular weight excluding hydrogens is 316 g/mol. The van der Waals surface area contributed by atoms with Gasteiger partial charge in [0, 0.05) is 5.38 Å². The fourth-order valence-corrected chi connectivity index (χ4v) is 3.38. The molecule has 0 saturated heterocycles. The van der Waals surface area contributed by atoms with Crippen LogP contribution in [0.15, 0.2) is 34.5 Å². The quantitative estimate of drug-likeness (QED) is 0.836. The first-order valence-electron chi connectivity index (χ1n) is 5.76.